The molecule has 3 aliphatic rings. The van der Waals surface area contributed by atoms with E-state index in [4.69, 9.17) is 0 Å². The number of piperidine rings is 2. The molecule has 2 saturated heterocycles. The van der Waals surface area contributed by atoms with Crippen LogP contribution in [0.15, 0.2) is 0 Å². The van der Waals surface area contributed by atoms with E-state index in [2.05, 4.69) is 5.32 Å². The highest BCUT2D eigenvalue weighted by molar-refractivity contribution is 5.58. The minimum Gasteiger partial charge on any atom is -0.305 e. The third kappa shape index (κ3) is 0.870. The van der Waals surface area contributed by atoms with Crippen LogP contribution in [-0.4, -0.2) is 18.4 Å². The molecule has 0 aromatic carbocycles. The summed E-state index contributed by atoms with van der Waals surface area (Å²) in [6, 6.07) is 0.840. The number of hydrogen-bond donors (Lipinski definition) is 1. The van der Waals surface area contributed by atoms with Crippen molar-refractivity contribution >= 4 is 6.29 Å². The second-order valence-corrected chi connectivity index (χ2v) is 3.44. The molecule has 1 atom stereocenters. The van der Waals surface area contributed by atoms with Crippen molar-refractivity contribution in [1.29, 1.82) is 0 Å². The summed E-state index contributed by atoms with van der Waals surface area (Å²) in [5.74, 6) is 0.655. The van der Waals surface area contributed by atoms with Crippen LogP contribution in [-0.2, 0) is 4.79 Å². The standard InChI is InChI=1S/C8H13NO/c10-5-8-6-1-3-7(9-8)4-2-6/h5-9H,1-4H2/t6?,7?,8-/m1/s1. The van der Waals surface area contributed by atoms with E-state index in [0.717, 1.165) is 6.29 Å². The van der Waals surface area contributed by atoms with E-state index >= 15 is 0 Å². The van der Waals surface area contributed by atoms with Crippen LogP contribution in [0.3, 0.4) is 0 Å². The molecule has 2 aliphatic heterocycles. The Hall–Kier alpha value is -0.370. The first-order chi connectivity index (χ1) is 4.90. The normalized spacial score (nSPS) is 45.4. The van der Waals surface area contributed by atoms with Crippen LogP contribution >= 0.6 is 0 Å². The van der Waals surface area contributed by atoms with E-state index in [1.54, 1.807) is 0 Å². The number of fused-ring (bicyclic) bond motifs is 3. The molecule has 3 rings (SSSR count). The van der Waals surface area contributed by atoms with E-state index in [0.29, 0.717) is 12.0 Å². The van der Waals surface area contributed by atoms with E-state index in [-0.39, 0.29) is 6.04 Å². The Kier molecular flexibility index (Phi) is 1.49. The third-order valence-corrected chi connectivity index (χ3v) is 2.85. The summed E-state index contributed by atoms with van der Waals surface area (Å²) < 4.78 is 0. The quantitative estimate of drug-likeness (QED) is 0.542. The lowest BCUT2D eigenvalue weighted by molar-refractivity contribution is -0.112. The molecule has 0 radical (unpaired) electrons. The van der Waals surface area contributed by atoms with Crippen LogP contribution in [0, 0.1) is 5.92 Å². The predicted molar refractivity (Wildman–Crippen MR) is 38.7 cm³/mol. The molecule has 1 N–H and O–H groups in total. The first-order valence-corrected chi connectivity index (χ1v) is 4.11. The van der Waals surface area contributed by atoms with Gasteiger partial charge in [0, 0.05) is 6.04 Å². The van der Waals surface area contributed by atoms with Gasteiger partial charge in [-0.25, -0.2) is 0 Å². The van der Waals surface area contributed by atoms with Crippen molar-refractivity contribution in [1.82, 2.24) is 5.32 Å². The fraction of sp³-hybridized carbons (Fsp3) is 0.875. The van der Waals surface area contributed by atoms with Gasteiger partial charge in [-0.05, 0) is 31.6 Å². The van der Waals surface area contributed by atoms with Crippen LogP contribution in [0.25, 0.3) is 0 Å². The molecular formula is C8H13NO. The summed E-state index contributed by atoms with van der Waals surface area (Å²) in [7, 11) is 0. The SMILES string of the molecule is O=C[C@H]1NC2CCC1CC2. The number of carbonyl (C=O) groups is 1. The molecule has 0 aromatic rings. The largest absolute Gasteiger partial charge is 0.305 e. The Balaban J connectivity index is 2.07. The summed E-state index contributed by atoms with van der Waals surface area (Å²) >= 11 is 0. The van der Waals surface area contributed by atoms with Gasteiger partial charge in [0.15, 0.2) is 0 Å². The number of rotatable bonds is 1. The Morgan fingerprint density at radius 1 is 1.20 bits per heavy atom. The van der Waals surface area contributed by atoms with Gasteiger partial charge in [0.2, 0.25) is 0 Å². The molecule has 10 heavy (non-hydrogen) atoms. The second-order valence-electron chi connectivity index (χ2n) is 3.44. The van der Waals surface area contributed by atoms with Crippen LogP contribution in [0.5, 0.6) is 0 Å². The average Bonchev–Trinajstić information content (AvgIpc) is 2.06. The molecular weight excluding hydrogens is 126 g/mol. The summed E-state index contributed by atoms with van der Waals surface area (Å²) in [6.45, 7) is 0. The minimum atomic E-state index is 0.187. The maximum Gasteiger partial charge on any atom is 0.137 e. The topological polar surface area (TPSA) is 29.1 Å². The number of carbonyl (C=O) groups excluding carboxylic acids is 1. The van der Waals surface area contributed by atoms with Gasteiger partial charge >= 0.3 is 0 Å². The van der Waals surface area contributed by atoms with Crippen LogP contribution in [0.1, 0.15) is 25.7 Å². The van der Waals surface area contributed by atoms with Gasteiger partial charge in [-0.2, -0.15) is 0 Å². The van der Waals surface area contributed by atoms with Crippen LogP contribution < -0.4 is 5.32 Å². The fourth-order valence-electron chi connectivity index (χ4n) is 2.20. The maximum atomic E-state index is 10.5. The van der Waals surface area contributed by atoms with Crippen molar-refractivity contribution in [3.63, 3.8) is 0 Å². The molecule has 0 spiro atoms. The Bertz CT molecular complexity index is 138. The molecule has 0 amide bonds. The smallest absolute Gasteiger partial charge is 0.137 e. The first kappa shape index (κ1) is 6.35. The van der Waals surface area contributed by atoms with Gasteiger partial charge in [0.25, 0.3) is 0 Å². The number of aldehydes is 1. The Morgan fingerprint density at radius 2 is 1.90 bits per heavy atom. The highest BCUT2D eigenvalue weighted by Gasteiger charge is 2.34. The van der Waals surface area contributed by atoms with E-state index in [1.807, 2.05) is 0 Å². The third-order valence-electron chi connectivity index (χ3n) is 2.85. The van der Waals surface area contributed by atoms with Gasteiger partial charge in [-0.15, -0.1) is 0 Å². The lowest BCUT2D eigenvalue weighted by atomic mass is 9.77. The van der Waals surface area contributed by atoms with Crippen LogP contribution in [0.4, 0.5) is 0 Å². The van der Waals surface area contributed by atoms with E-state index < -0.39 is 0 Å². The molecule has 2 nitrogen and oxygen atoms in total. The molecule has 0 unspecified atom stereocenters. The molecule has 2 heteroatoms. The minimum absolute atomic E-state index is 0.187. The summed E-state index contributed by atoms with van der Waals surface area (Å²) in [6.07, 6.45) is 6.18. The highest BCUT2D eigenvalue weighted by atomic mass is 16.1. The van der Waals surface area contributed by atoms with Crippen molar-refractivity contribution in [2.45, 2.75) is 37.8 Å². The zero-order valence-electron chi connectivity index (χ0n) is 6.05. The molecule has 1 saturated carbocycles. The molecule has 1 aliphatic carbocycles. The molecule has 0 aromatic heterocycles. The Morgan fingerprint density at radius 3 is 2.20 bits per heavy atom. The van der Waals surface area contributed by atoms with Gasteiger partial charge in [0.05, 0.1) is 6.04 Å². The Labute approximate surface area is 61.0 Å². The molecule has 2 heterocycles. The fourth-order valence-corrected chi connectivity index (χ4v) is 2.20. The van der Waals surface area contributed by atoms with Crippen molar-refractivity contribution in [3.05, 3.63) is 0 Å². The van der Waals surface area contributed by atoms with Crippen LogP contribution in [0.2, 0.25) is 0 Å². The zero-order chi connectivity index (χ0) is 6.97. The summed E-state index contributed by atoms with van der Waals surface area (Å²) in [5, 5.41) is 3.33. The summed E-state index contributed by atoms with van der Waals surface area (Å²) in [5.41, 5.74) is 0. The maximum absolute atomic E-state index is 10.5. The monoisotopic (exact) mass is 139 g/mol. The average molecular weight is 139 g/mol. The van der Waals surface area contributed by atoms with Gasteiger partial charge in [-0.3, -0.25) is 0 Å². The zero-order valence-corrected chi connectivity index (χ0v) is 6.05. The molecule has 3 fully saturated rings. The number of hydrogen-bond acceptors (Lipinski definition) is 2. The highest BCUT2D eigenvalue weighted by Crippen LogP contribution is 2.31. The summed E-state index contributed by atoms with van der Waals surface area (Å²) in [4.78, 5) is 10.5. The van der Waals surface area contributed by atoms with Crippen molar-refractivity contribution in [2.24, 2.45) is 5.92 Å². The van der Waals surface area contributed by atoms with E-state index in [1.165, 1.54) is 25.7 Å². The molecule has 56 valence electrons. The number of nitrogens with one attached hydrogen (secondary N) is 1. The van der Waals surface area contributed by atoms with Gasteiger partial charge < -0.3 is 10.1 Å². The van der Waals surface area contributed by atoms with Gasteiger partial charge in [-0.1, -0.05) is 0 Å². The van der Waals surface area contributed by atoms with Crippen molar-refractivity contribution < 1.29 is 4.79 Å². The van der Waals surface area contributed by atoms with Crippen molar-refractivity contribution in [2.75, 3.05) is 0 Å². The predicted octanol–water partition coefficient (Wildman–Crippen LogP) is 0.716. The van der Waals surface area contributed by atoms with Crippen molar-refractivity contribution in [3.8, 4) is 0 Å². The van der Waals surface area contributed by atoms with Gasteiger partial charge in [0.1, 0.15) is 6.29 Å². The van der Waals surface area contributed by atoms with E-state index in [9.17, 15) is 4.79 Å². The lowest BCUT2D eigenvalue weighted by Gasteiger charge is -2.41. The first-order valence-electron chi connectivity index (χ1n) is 4.11. The molecule has 2 bridgehead atoms. The second kappa shape index (κ2) is 2.35. The lowest BCUT2D eigenvalue weighted by Crippen LogP contribution is -2.52.